The van der Waals surface area contributed by atoms with Crippen molar-refractivity contribution in [1.29, 1.82) is 0 Å². The second-order valence-corrected chi connectivity index (χ2v) is 8.22. The number of aryl methyl sites for hydroxylation is 2. The number of nitrogens with zero attached hydrogens (tertiary/aromatic N) is 3. The zero-order valence-electron chi connectivity index (χ0n) is 17.1. The first-order chi connectivity index (χ1) is 13.6. The van der Waals surface area contributed by atoms with Gasteiger partial charge >= 0.3 is 0 Å². The number of para-hydroxylation sites is 1. The summed E-state index contributed by atoms with van der Waals surface area (Å²) in [5.74, 6) is 0.184. The molecular weight excluding hydrogens is 346 g/mol. The van der Waals surface area contributed by atoms with E-state index in [1.807, 2.05) is 24.3 Å². The molecule has 2 aromatic rings. The number of benzene rings is 2. The quantitative estimate of drug-likeness (QED) is 0.815. The van der Waals surface area contributed by atoms with Gasteiger partial charge in [-0.3, -0.25) is 9.69 Å². The Labute approximate surface area is 168 Å². The van der Waals surface area contributed by atoms with Crippen molar-refractivity contribution in [3.8, 4) is 0 Å². The van der Waals surface area contributed by atoms with E-state index in [2.05, 4.69) is 52.8 Å². The normalized spacial score (nSPS) is 21.0. The fraction of sp³-hybridized carbons (Fsp3) is 0.458. The molecule has 0 aromatic heterocycles. The first-order valence-electron chi connectivity index (χ1n) is 10.5. The van der Waals surface area contributed by atoms with E-state index in [4.69, 9.17) is 0 Å². The third-order valence-electron chi connectivity index (χ3n) is 6.27. The molecule has 1 unspecified atom stereocenters. The van der Waals surface area contributed by atoms with Crippen LogP contribution in [0.3, 0.4) is 0 Å². The van der Waals surface area contributed by atoms with Crippen LogP contribution in [0, 0.1) is 13.8 Å². The molecule has 2 saturated heterocycles. The van der Waals surface area contributed by atoms with Crippen molar-refractivity contribution >= 4 is 11.6 Å². The minimum atomic E-state index is 0.184. The first-order valence-corrected chi connectivity index (χ1v) is 10.5. The minimum Gasteiger partial charge on any atom is -0.369 e. The molecule has 0 N–H and O–H groups in total. The van der Waals surface area contributed by atoms with E-state index < -0.39 is 0 Å². The Hall–Kier alpha value is -2.33. The molecule has 148 valence electrons. The lowest BCUT2D eigenvalue weighted by atomic mass is 10.0. The van der Waals surface area contributed by atoms with Crippen molar-refractivity contribution in [2.45, 2.75) is 32.7 Å². The number of hydrogen-bond acceptors (Lipinski definition) is 3. The number of likely N-dealkylation sites (tertiary alicyclic amines) is 1. The molecule has 0 radical (unpaired) electrons. The number of carbonyl (C=O) groups is 1. The molecule has 2 fully saturated rings. The van der Waals surface area contributed by atoms with Gasteiger partial charge in [-0.15, -0.1) is 0 Å². The SMILES string of the molecule is Cc1ccc(C(=O)N2CCCC(N3CCN(c4ccccc4C)CC3)C2)cc1. The molecule has 28 heavy (non-hydrogen) atoms. The molecule has 1 amide bonds. The Morgan fingerprint density at radius 2 is 1.61 bits per heavy atom. The maximum absolute atomic E-state index is 12.9. The summed E-state index contributed by atoms with van der Waals surface area (Å²) in [7, 11) is 0. The fourth-order valence-corrected chi connectivity index (χ4v) is 4.56. The van der Waals surface area contributed by atoms with Gasteiger partial charge in [-0.25, -0.2) is 0 Å². The van der Waals surface area contributed by atoms with Crippen LogP contribution in [0.1, 0.15) is 34.3 Å². The van der Waals surface area contributed by atoms with Crippen molar-refractivity contribution in [3.05, 3.63) is 65.2 Å². The Morgan fingerprint density at radius 3 is 2.32 bits per heavy atom. The molecule has 4 heteroatoms. The molecule has 4 nitrogen and oxygen atoms in total. The van der Waals surface area contributed by atoms with Gasteiger partial charge in [-0.2, -0.15) is 0 Å². The summed E-state index contributed by atoms with van der Waals surface area (Å²) in [5, 5.41) is 0. The van der Waals surface area contributed by atoms with Gasteiger partial charge in [-0.1, -0.05) is 35.9 Å². The van der Waals surface area contributed by atoms with E-state index in [1.54, 1.807) is 0 Å². The maximum Gasteiger partial charge on any atom is 0.253 e. The summed E-state index contributed by atoms with van der Waals surface area (Å²) in [6.07, 6.45) is 2.29. The highest BCUT2D eigenvalue weighted by Gasteiger charge is 2.30. The summed E-state index contributed by atoms with van der Waals surface area (Å²) < 4.78 is 0. The lowest BCUT2D eigenvalue weighted by Crippen LogP contribution is -2.56. The Morgan fingerprint density at radius 1 is 0.893 bits per heavy atom. The smallest absolute Gasteiger partial charge is 0.253 e. The average Bonchev–Trinajstić information content (AvgIpc) is 2.74. The summed E-state index contributed by atoms with van der Waals surface area (Å²) in [6.45, 7) is 10.3. The molecule has 1 atom stereocenters. The maximum atomic E-state index is 12.9. The summed E-state index contributed by atoms with van der Waals surface area (Å²) >= 11 is 0. The van der Waals surface area contributed by atoms with Gasteiger partial charge in [0.1, 0.15) is 0 Å². The first kappa shape index (κ1) is 19.0. The lowest BCUT2D eigenvalue weighted by Gasteiger charge is -2.44. The summed E-state index contributed by atoms with van der Waals surface area (Å²) in [6, 6.07) is 17.1. The third kappa shape index (κ3) is 4.07. The number of carbonyl (C=O) groups excluding carboxylic acids is 1. The van der Waals surface area contributed by atoms with Gasteiger partial charge in [0.2, 0.25) is 0 Å². The molecule has 2 aromatic carbocycles. The van der Waals surface area contributed by atoms with Gasteiger partial charge in [0.15, 0.2) is 0 Å². The highest BCUT2D eigenvalue weighted by atomic mass is 16.2. The molecule has 2 aliphatic rings. The molecule has 2 aliphatic heterocycles. The highest BCUT2D eigenvalue weighted by Crippen LogP contribution is 2.24. The highest BCUT2D eigenvalue weighted by molar-refractivity contribution is 5.94. The van der Waals surface area contributed by atoms with Crippen molar-refractivity contribution in [2.75, 3.05) is 44.2 Å². The van der Waals surface area contributed by atoms with Crippen LogP contribution in [0.2, 0.25) is 0 Å². The monoisotopic (exact) mass is 377 g/mol. The van der Waals surface area contributed by atoms with Crippen LogP contribution in [0.5, 0.6) is 0 Å². The second kappa shape index (κ2) is 8.36. The summed E-state index contributed by atoms with van der Waals surface area (Å²) in [4.78, 5) is 20.1. The van der Waals surface area contributed by atoms with Crippen LogP contribution in [-0.4, -0.2) is 61.0 Å². The van der Waals surface area contributed by atoms with E-state index in [0.717, 1.165) is 51.3 Å². The average molecular weight is 378 g/mol. The molecule has 2 heterocycles. The van der Waals surface area contributed by atoms with Crippen molar-refractivity contribution in [1.82, 2.24) is 9.80 Å². The standard InChI is InChI=1S/C24H31N3O/c1-19-9-11-21(12-10-19)24(28)27-13-5-7-22(18-27)25-14-16-26(17-15-25)23-8-4-3-6-20(23)2/h3-4,6,8-12,22H,5,7,13-18H2,1-2H3. The van der Waals surface area contributed by atoms with E-state index in [1.165, 1.54) is 23.2 Å². The van der Waals surface area contributed by atoms with Gasteiger partial charge in [-0.05, 0) is 50.5 Å². The van der Waals surface area contributed by atoms with Gasteiger partial charge in [0.05, 0.1) is 0 Å². The minimum absolute atomic E-state index is 0.184. The second-order valence-electron chi connectivity index (χ2n) is 8.22. The molecule has 0 saturated carbocycles. The number of piperidine rings is 1. The summed E-state index contributed by atoms with van der Waals surface area (Å²) in [5.41, 5.74) is 4.72. The molecule has 0 aliphatic carbocycles. The van der Waals surface area contributed by atoms with Crippen molar-refractivity contribution in [3.63, 3.8) is 0 Å². The van der Waals surface area contributed by atoms with Gasteiger partial charge in [0.25, 0.3) is 5.91 Å². The number of anilines is 1. The van der Waals surface area contributed by atoms with E-state index in [9.17, 15) is 4.79 Å². The Balaban J connectivity index is 1.36. The number of hydrogen-bond donors (Lipinski definition) is 0. The lowest BCUT2D eigenvalue weighted by molar-refractivity contribution is 0.0563. The number of rotatable bonds is 3. The topological polar surface area (TPSA) is 26.8 Å². The third-order valence-corrected chi connectivity index (χ3v) is 6.27. The van der Waals surface area contributed by atoms with Crippen LogP contribution in [0.4, 0.5) is 5.69 Å². The molecular formula is C24H31N3O. The van der Waals surface area contributed by atoms with Crippen molar-refractivity contribution in [2.24, 2.45) is 0 Å². The van der Waals surface area contributed by atoms with Gasteiger partial charge < -0.3 is 9.80 Å². The van der Waals surface area contributed by atoms with Crippen LogP contribution >= 0.6 is 0 Å². The Bertz CT molecular complexity index is 809. The van der Waals surface area contributed by atoms with Crippen LogP contribution in [0.25, 0.3) is 0 Å². The number of piperazine rings is 1. The fourth-order valence-electron chi connectivity index (χ4n) is 4.56. The molecule has 0 spiro atoms. The molecule has 4 rings (SSSR count). The van der Waals surface area contributed by atoms with E-state index in [0.29, 0.717) is 6.04 Å². The van der Waals surface area contributed by atoms with Crippen LogP contribution in [0.15, 0.2) is 48.5 Å². The van der Waals surface area contributed by atoms with Crippen LogP contribution < -0.4 is 4.90 Å². The largest absolute Gasteiger partial charge is 0.369 e. The predicted molar refractivity (Wildman–Crippen MR) is 115 cm³/mol. The van der Waals surface area contributed by atoms with E-state index in [-0.39, 0.29) is 5.91 Å². The Kier molecular flexibility index (Phi) is 5.67. The van der Waals surface area contributed by atoms with Gasteiger partial charge in [0, 0.05) is 56.6 Å². The molecule has 0 bridgehead atoms. The predicted octanol–water partition coefficient (Wildman–Crippen LogP) is 3.73. The van der Waals surface area contributed by atoms with E-state index >= 15 is 0 Å². The zero-order valence-corrected chi connectivity index (χ0v) is 17.1. The van der Waals surface area contributed by atoms with Crippen LogP contribution in [-0.2, 0) is 0 Å². The van der Waals surface area contributed by atoms with Crippen molar-refractivity contribution < 1.29 is 4.79 Å². The zero-order chi connectivity index (χ0) is 19.5. The number of amides is 1.